The third-order valence-electron chi connectivity index (χ3n) is 9.31. The molecule has 0 aliphatic carbocycles. The Balaban J connectivity index is 1.23. The van der Waals surface area contributed by atoms with Gasteiger partial charge < -0.3 is 9.13 Å². The number of thiophene rings is 1. The molecule has 0 spiro atoms. The Hall–Kier alpha value is -5.64. The summed E-state index contributed by atoms with van der Waals surface area (Å²) in [6.45, 7) is 0. The van der Waals surface area contributed by atoms with E-state index in [-0.39, 0.29) is 0 Å². The quantitative estimate of drug-likeness (QED) is 0.194. The van der Waals surface area contributed by atoms with Gasteiger partial charge >= 0.3 is 0 Å². The van der Waals surface area contributed by atoms with E-state index in [9.17, 15) is 0 Å². The Morgan fingerprint density at radius 2 is 0.956 bits per heavy atom. The van der Waals surface area contributed by atoms with E-state index in [4.69, 9.17) is 0 Å². The van der Waals surface area contributed by atoms with E-state index in [0.717, 1.165) is 5.69 Å². The molecule has 10 rings (SSSR count). The molecule has 45 heavy (non-hydrogen) atoms. The Bertz CT molecular complexity index is 2720. The summed E-state index contributed by atoms with van der Waals surface area (Å²) in [5.74, 6) is 0. The molecule has 0 aliphatic heterocycles. The van der Waals surface area contributed by atoms with Crippen LogP contribution in [-0.2, 0) is 0 Å². The van der Waals surface area contributed by atoms with Crippen LogP contribution in [0.5, 0.6) is 0 Å². The van der Waals surface area contributed by atoms with Gasteiger partial charge in [-0.15, -0.1) is 11.3 Å². The van der Waals surface area contributed by atoms with E-state index >= 15 is 0 Å². The lowest BCUT2D eigenvalue weighted by atomic mass is 10.0. The summed E-state index contributed by atoms with van der Waals surface area (Å²) in [6.07, 6.45) is 0. The normalized spacial score (nSPS) is 12.0. The number of para-hydroxylation sites is 4. The Kier molecular flexibility index (Phi) is 5.19. The fraction of sp³-hybridized carbons (Fsp3) is 0. The van der Waals surface area contributed by atoms with E-state index in [1.807, 2.05) is 11.3 Å². The molecule has 0 fully saturated rings. The standard InChI is InChI=1S/C42H26N2S/c1-6-19-36(44-39-22-9-4-17-32(39)34-25-35-33-18-5-10-23-41(33)45-42(35)26-40(34)44)29(14-1)27-12-11-13-28(24-27)43-37-20-7-2-15-30(37)31-16-3-8-21-38(31)43/h1-26H. The van der Waals surface area contributed by atoms with Crippen LogP contribution in [0.25, 0.3) is 86.3 Å². The van der Waals surface area contributed by atoms with E-state index in [1.165, 1.54) is 80.6 Å². The van der Waals surface area contributed by atoms with Crippen molar-refractivity contribution in [3.63, 3.8) is 0 Å². The predicted octanol–water partition coefficient (Wildman–Crippen LogP) is 11.9. The first-order valence-corrected chi connectivity index (χ1v) is 16.2. The second kappa shape index (κ2) is 9.43. The summed E-state index contributed by atoms with van der Waals surface area (Å²) in [6, 6.07) is 57.7. The van der Waals surface area contributed by atoms with Crippen molar-refractivity contribution >= 4 is 75.1 Å². The van der Waals surface area contributed by atoms with Gasteiger partial charge in [-0.2, -0.15) is 0 Å². The Labute approximate surface area is 263 Å². The highest BCUT2D eigenvalue weighted by Crippen LogP contribution is 2.42. The van der Waals surface area contributed by atoms with Crippen LogP contribution in [0.15, 0.2) is 158 Å². The molecule has 0 amide bonds. The smallest absolute Gasteiger partial charge is 0.0555 e. The summed E-state index contributed by atoms with van der Waals surface area (Å²) in [4.78, 5) is 0. The van der Waals surface area contributed by atoms with Crippen LogP contribution in [-0.4, -0.2) is 9.13 Å². The van der Waals surface area contributed by atoms with Crippen molar-refractivity contribution in [2.45, 2.75) is 0 Å². The summed E-state index contributed by atoms with van der Waals surface area (Å²) in [5, 5.41) is 7.78. The van der Waals surface area contributed by atoms with Crippen LogP contribution < -0.4 is 0 Å². The lowest BCUT2D eigenvalue weighted by Crippen LogP contribution is -1.98. The summed E-state index contributed by atoms with van der Waals surface area (Å²) < 4.78 is 7.52. The van der Waals surface area contributed by atoms with Crippen molar-refractivity contribution in [1.29, 1.82) is 0 Å². The third-order valence-corrected chi connectivity index (χ3v) is 10.4. The summed E-state index contributed by atoms with van der Waals surface area (Å²) in [7, 11) is 0. The van der Waals surface area contributed by atoms with Crippen molar-refractivity contribution in [3.05, 3.63) is 158 Å². The fourth-order valence-electron chi connectivity index (χ4n) is 7.37. The molecule has 0 N–H and O–H groups in total. The number of hydrogen-bond donors (Lipinski definition) is 0. The maximum atomic E-state index is 2.47. The van der Waals surface area contributed by atoms with Gasteiger partial charge in [0.2, 0.25) is 0 Å². The van der Waals surface area contributed by atoms with Crippen molar-refractivity contribution in [2.75, 3.05) is 0 Å². The number of benzene rings is 7. The van der Waals surface area contributed by atoms with Crippen molar-refractivity contribution in [3.8, 4) is 22.5 Å². The highest BCUT2D eigenvalue weighted by atomic mass is 32.1. The molecule has 3 aromatic heterocycles. The SMILES string of the molecule is c1cc(-c2ccccc2-n2c3ccccc3c3cc4c(cc32)sc2ccccc24)cc(-n2c3ccccc3c3ccccc32)c1. The van der Waals surface area contributed by atoms with E-state index in [2.05, 4.69) is 167 Å². The number of aromatic nitrogens is 2. The van der Waals surface area contributed by atoms with Gasteiger partial charge in [0.1, 0.15) is 0 Å². The molecular weight excluding hydrogens is 565 g/mol. The topological polar surface area (TPSA) is 9.86 Å². The van der Waals surface area contributed by atoms with Crippen LogP contribution in [0.4, 0.5) is 0 Å². The van der Waals surface area contributed by atoms with Crippen LogP contribution in [0.1, 0.15) is 0 Å². The minimum Gasteiger partial charge on any atom is -0.309 e. The van der Waals surface area contributed by atoms with Gasteiger partial charge in [0.15, 0.2) is 0 Å². The lowest BCUT2D eigenvalue weighted by molar-refractivity contribution is 1.17. The summed E-state index contributed by atoms with van der Waals surface area (Å²) >= 11 is 1.88. The molecular formula is C42H26N2S. The zero-order valence-electron chi connectivity index (χ0n) is 24.3. The van der Waals surface area contributed by atoms with Crippen molar-refractivity contribution < 1.29 is 0 Å². The molecule has 0 saturated heterocycles. The Morgan fingerprint density at radius 3 is 1.71 bits per heavy atom. The van der Waals surface area contributed by atoms with Crippen LogP contribution in [0, 0.1) is 0 Å². The summed E-state index contributed by atoms with van der Waals surface area (Å²) in [5.41, 5.74) is 9.65. The Morgan fingerprint density at radius 1 is 0.356 bits per heavy atom. The molecule has 3 heterocycles. The molecule has 0 atom stereocenters. The van der Waals surface area contributed by atoms with Gasteiger partial charge in [-0.3, -0.25) is 0 Å². The molecule has 210 valence electrons. The van der Waals surface area contributed by atoms with Gasteiger partial charge in [-0.05, 0) is 60.2 Å². The molecule has 0 aliphatic rings. The fourth-order valence-corrected chi connectivity index (χ4v) is 8.49. The molecule has 0 saturated carbocycles. The first kappa shape index (κ1) is 24.8. The predicted molar refractivity (Wildman–Crippen MR) is 193 cm³/mol. The molecule has 10 aromatic rings. The van der Waals surface area contributed by atoms with Gasteiger partial charge in [0.25, 0.3) is 0 Å². The maximum Gasteiger partial charge on any atom is 0.0555 e. The van der Waals surface area contributed by atoms with Crippen molar-refractivity contribution in [2.24, 2.45) is 0 Å². The zero-order valence-corrected chi connectivity index (χ0v) is 25.1. The first-order valence-electron chi connectivity index (χ1n) is 15.4. The molecule has 2 nitrogen and oxygen atoms in total. The van der Waals surface area contributed by atoms with Crippen molar-refractivity contribution in [1.82, 2.24) is 9.13 Å². The highest BCUT2D eigenvalue weighted by molar-refractivity contribution is 7.25. The molecule has 7 aromatic carbocycles. The maximum absolute atomic E-state index is 2.47. The van der Waals surface area contributed by atoms with E-state index in [0.29, 0.717) is 0 Å². The molecule has 0 unspecified atom stereocenters. The van der Waals surface area contributed by atoms with E-state index < -0.39 is 0 Å². The van der Waals surface area contributed by atoms with E-state index in [1.54, 1.807) is 0 Å². The minimum atomic E-state index is 1.16. The average molecular weight is 591 g/mol. The molecule has 3 heteroatoms. The number of fused-ring (bicyclic) bond motifs is 9. The number of nitrogens with zero attached hydrogens (tertiary/aromatic N) is 2. The van der Waals surface area contributed by atoms with Gasteiger partial charge in [-0.25, -0.2) is 0 Å². The molecule has 0 radical (unpaired) electrons. The zero-order chi connectivity index (χ0) is 29.5. The van der Waals surface area contributed by atoms with Crippen LogP contribution in [0.2, 0.25) is 0 Å². The second-order valence-corrected chi connectivity index (χ2v) is 12.8. The van der Waals surface area contributed by atoms with Gasteiger partial charge in [-0.1, -0.05) is 103 Å². The minimum absolute atomic E-state index is 1.16. The number of hydrogen-bond acceptors (Lipinski definition) is 1. The average Bonchev–Trinajstić information content (AvgIpc) is 3.74. The van der Waals surface area contributed by atoms with Gasteiger partial charge in [0.05, 0.1) is 27.8 Å². The highest BCUT2D eigenvalue weighted by Gasteiger charge is 2.18. The largest absolute Gasteiger partial charge is 0.309 e. The second-order valence-electron chi connectivity index (χ2n) is 11.8. The lowest BCUT2D eigenvalue weighted by Gasteiger charge is -2.15. The number of rotatable bonds is 3. The van der Waals surface area contributed by atoms with Crippen LogP contribution >= 0.6 is 11.3 Å². The molecule has 0 bridgehead atoms. The first-order chi connectivity index (χ1) is 22.3. The van der Waals surface area contributed by atoms with Crippen LogP contribution in [0.3, 0.4) is 0 Å². The third kappa shape index (κ3) is 3.56. The monoisotopic (exact) mass is 590 g/mol. The van der Waals surface area contributed by atoms with Gasteiger partial charge in [0, 0.05) is 53.0 Å².